The number of rotatable bonds is 4. The van der Waals surface area contributed by atoms with Gasteiger partial charge in [-0.15, -0.1) is 0 Å². The smallest absolute Gasteiger partial charge is 0.130 e. The zero-order chi connectivity index (χ0) is 15.9. The Morgan fingerprint density at radius 1 is 1.18 bits per heavy atom. The van der Waals surface area contributed by atoms with E-state index in [1.54, 1.807) is 6.07 Å². The zero-order valence-corrected chi connectivity index (χ0v) is 12.7. The minimum Gasteiger partial charge on any atom is -0.301 e. The van der Waals surface area contributed by atoms with Crippen molar-refractivity contribution in [3.05, 3.63) is 40.7 Å². The number of nitrogens with zero attached hydrogens (tertiary/aromatic N) is 4. The van der Waals surface area contributed by atoms with Gasteiger partial charge in [0.2, 0.25) is 0 Å². The van der Waals surface area contributed by atoms with Crippen LogP contribution in [0.15, 0.2) is 23.8 Å². The lowest BCUT2D eigenvalue weighted by atomic mass is 10.0. The van der Waals surface area contributed by atoms with Crippen LogP contribution in [0.25, 0.3) is 6.08 Å². The lowest BCUT2D eigenvalue weighted by molar-refractivity contribution is 0.132. The fraction of sp³-hybridized carbons (Fsp3) is 0.412. The van der Waals surface area contributed by atoms with Gasteiger partial charge in [-0.05, 0) is 35.9 Å². The maximum absolute atomic E-state index is 13.5. The van der Waals surface area contributed by atoms with Crippen molar-refractivity contribution in [2.24, 2.45) is 0 Å². The van der Waals surface area contributed by atoms with Gasteiger partial charge in [-0.3, -0.25) is 4.90 Å². The quantitative estimate of drug-likeness (QED) is 0.801. The van der Waals surface area contributed by atoms with Crippen LogP contribution in [-0.4, -0.2) is 42.5 Å². The molecule has 1 heterocycles. The van der Waals surface area contributed by atoms with Crippen LogP contribution in [0.5, 0.6) is 0 Å². The number of hydrogen-bond acceptors (Lipinski definition) is 4. The Hall–Kier alpha value is -2.21. The molecule has 1 aliphatic rings. The number of allylic oxidation sites excluding steroid dienone is 1. The second-order valence-electron chi connectivity index (χ2n) is 5.34. The van der Waals surface area contributed by atoms with Gasteiger partial charge in [0, 0.05) is 32.7 Å². The molecule has 5 heteroatoms. The molecule has 0 saturated carbocycles. The van der Waals surface area contributed by atoms with Gasteiger partial charge in [0.05, 0.1) is 0 Å². The fourth-order valence-corrected chi connectivity index (χ4v) is 2.60. The predicted molar refractivity (Wildman–Crippen MR) is 83.0 cm³/mol. The molecule has 0 N–H and O–H groups in total. The van der Waals surface area contributed by atoms with E-state index in [1.165, 1.54) is 18.2 Å². The molecular formula is C17H19FN4. The molecule has 1 fully saturated rings. The number of likely N-dealkylation sites (N-methyl/N-ethyl adjacent to an activating group) is 1. The van der Waals surface area contributed by atoms with Gasteiger partial charge >= 0.3 is 0 Å². The number of hydrogen-bond donors (Lipinski definition) is 0. The number of piperazine rings is 1. The molecule has 0 unspecified atom stereocenters. The van der Waals surface area contributed by atoms with Crippen LogP contribution in [0, 0.1) is 28.5 Å². The Balaban J connectivity index is 2.17. The standard InChI is InChI=1S/C17H19FN4/c1-2-21-5-7-22(8-6-21)13-16-10-17(18)4-3-15(16)9-14(11-19)12-20/h3-4,9-10H,2,5-8,13H2,1H3. The third-order valence-electron chi connectivity index (χ3n) is 3.95. The van der Waals surface area contributed by atoms with Crippen LogP contribution >= 0.6 is 0 Å². The molecule has 22 heavy (non-hydrogen) atoms. The lowest BCUT2D eigenvalue weighted by Gasteiger charge is -2.34. The van der Waals surface area contributed by atoms with E-state index in [-0.39, 0.29) is 11.4 Å². The van der Waals surface area contributed by atoms with Gasteiger partial charge < -0.3 is 4.90 Å². The van der Waals surface area contributed by atoms with Gasteiger partial charge in [0.25, 0.3) is 0 Å². The van der Waals surface area contributed by atoms with Crippen molar-refractivity contribution in [2.45, 2.75) is 13.5 Å². The molecule has 0 atom stereocenters. The Labute approximate surface area is 130 Å². The van der Waals surface area contributed by atoms with Crippen molar-refractivity contribution in [3.8, 4) is 12.1 Å². The topological polar surface area (TPSA) is 54.1 Å². The average molecular weight is 298 g/mol. The molecule has 0 bridgehead atoms. The second kappa shape index (κ2) is 7.70. The van der Waals surface area contributed by atoms with Gasteiger partial charge in [-0.25, -0.2) is 4.39 Å². The summed E-state index contributed by atoms with van der Waals surface area (Å²) < 4.78 is 13.5. The Bertz CT molecular complexity index is 615. The van der Waals surface area contributed by atoms with Gasteiger partial charge in [-0.1, -0.05) is 13.0 Å². The zero-order valence-electron chi connectivity index (χ0n) is 12.7. The van der Waals surface area contributed by atoms with E-state index in [2.05, 4.69) is 16.7 Å². The van der Waals surface area contributed by atoms with Crippen LogP contribution < -0.4 is 0 Å². The summed E-state index contributed by atoms with van der Waals surface area (Å²) in [5.41, 5.74) is 1.58. The highest BCUT2D eigenvalue weighted by atomic mass is 19.1. The number of nitriles is 2. The van der Waals surface area contributed by atoms with E-state index >= 15 is 0 Å². The maximum atomic E-state index is 13.5. The predicted octanol–water partition coefficient (Wildman–Crippen LogP) is 2.39. The monoisotopic (exact) mass is 298 g/mol. The summed E-state index contributed by atoms with van der Waals surface area (Å²) in [5.74, 6) is -0.296. The van der Waals surface area contributed by atoms with Gasteiger partial charge in [0.15, 0.2) is 0 Å². The first kappa shape index (κ1) is 16.2. The summed E-state index contributed by atoms with van der Waals surface area (Å²) in [4.78, 5) is 4.66. The van der Waals surface area contributed by atoms with Crippen LogP contribution in [0.1, 0.15) is 18.1 Å². The summed E-state index contributed by atoms with van der Waals surface area (Å²) in [6.45, 7) is 7.74. The summed E-state index contributed by atoms with van der Waals surface area (Å²) in [7, 11) is 0. The minimum atomic E-state index is -0.296. The minimum absolute atomic E-state index is 0.0312. The lowest BCUT2D eigenvalue weighted by Crippen LogP contribution is -2.45. The highest BCUT2D eigenvalue weighted by Gasteiger charge is 2.16. The second-order valence-corrected chi connectivity index (χ2v) is 5.34. The van der Waals surface area contributed by atoms with Crippen molar-refractivity contribution in [1.29, 1.82) is 10.5 Å². The van der Waals surface area contributed by atoms with E-state index in [0.717, 1.165) is 43.9 Å². The molecule has 0 aliphatic carbocycles. The van der Waals surface area contributed by atoms with Crippen molar-refractivity contribution in [1.82, 2.24) is 9.80 Å². The first-order chi connectivity index (χ1) is 10.7. The molecule has 1 saturated heterocycles. The summed E-state index contributed by atoms with van der Waals surface area (Å²) in [6, 6.07) is 8.17. The molecule has 1 aromatic carbocycles. The van der Waals surface area contributed by atoms with Gasteiger partial charge in [0.1, 0.15) is 23.5 Å². The fourth-order valence-electron chi connectivity index (χ4n) is 2.60. The SMILES string of the molecule is CCN1CCN(Cc2cc(F)ccc2C=C(C#N)C#N)CC1. The Kier molecular flexibility index (Phi) is 5.66. The first-order valence-electron chi connectivity index (χ1n) is 7.41. The normalized spacial score (nSPS) is 15.8. The maximum Gasteiger partial charge on any atom is 0.130 e. The third kappa shape index (κ3) is 4.14. The highest BCUT2D eigenvalue weighted by Crippen LogP contribution is 2.18. The molecule has 0 radical (unpaired) electrons. The Morgan fingerprint density at radius 2 is 1.82 bits per heavy atom. The van der Waals surface area contributed by atoms with E-state index in [9.17, 15) is 4.39 Å². The largest absolute Gasteiger partial charge is 0.301 e. The third-order valence-corrected chi connectivity index (χ3v) is 3.95. The van der Waals surface area contributed by atoms with Crippen molar-refractivity contribution in [3.63, 3.8) is 0 Å². The molecule has 0 spiro atoms. The molecule has 4 nitrogen and oxygen atoms in total. The molecule has 2 rings (SSSR count). The van der Waals surface area contributed by atoms with Crippen LogP contribution in [-0.2, 0) is 6.54 Å². The van der Waals surface area contributed by atoms with E-state index in [1.807, 2.05) is 12.1 Å². The van der Waals surface area contributed by atoms with Crippen LogP contribution in [0.4, 0.5) is 4.39 Å². The molecule has 1 aliphatic heterocycles. The average Bonchev–Trinajstić information content (AvgIpc) is 2.55. The first-order valence-corrected chi connectivity index (χ1v) is 7.41. The summed E-state index contributed by atoms with van der Waals surface area (Å²) >= 11 is 0. The van der Waals surface area contributed by atoms with E-state index < -0.39 is 0 Å². The summed E-state index contributed by atoms with van der Waals surface area (Å²) in [6.07, 6.45) is 1.52. The van der Waals surface area contributed by atoms with Crippen molar-refractivity contribution >= 4 is 6.08 Å². The summed E-state index contributed by atoms with van der Waals surface area (Å²) in [5, 5.41) is 17.8. The molecule has 1 aromatic rings. The van der Waals surface area contributed by atoms with E-state index in [0.29, 0.717) is 6.54 Å². The molecule has 114 valence electrons. The van der Waals surface area contributed by atoms with Crippen molar-refractivity contribution < 1.29 is 4.39 Å². The highest BCUT2D eigenvalue weighted by molar-refractivity contribution is 5.64. The van der Waals surface area contributed by atoms with Gasteiger partial charge in [-0.2, -0.15) is 10.5 Å². The number of halogens is 1. The Morgan fingerprint density at radius 3 is 2.41 bits per heavy atom. The van der Waals surface area contributed by atoms with Crippen molar-refractivity contribution in [2.75, 3.05) is 32.7 Å². The molecule has 0 amide bonds. The van der Waals surface area contributed by atoms with Crippen LogP contribution in [0.2, 0.25) is 0 Å². The van der Waals surface area contributed by atoms with E-state index in [4.69, 9.17) is 10.5 Å². The molecular weight excluding hydrogens is 279 g/mol. The van der Waals surface area contributed by atoms with Crippen LogP contribution in [0.3, 0.4) is 0 Å². The number of benzene rings is 1. The molecule has 0 aromatic heterocycles.